The molecule has 21 heavy (non-hydrogen) atoms. The Morgan fingerprint density at radius 1 is 1.38 bits per heavy atom. The summed E-state index contributed by atoms with van der Waals surface area (Å²) < 4.78 is 10.9. The zero-order valence-electron chi connectivity index (χ0n) is 14.0. The minimum absolute atomic E-state index is 0.104. The molecule has 1 aromatic rings. The van der Waals surface area contributed by atoms with E-state index in [2.05, 4.69) is 5.32 Å². The van der Waals surface area contributed by atoms with Gasteiger partial charge in [-0.05, 0) is 53.7 Å². The Balaban J connectivity index is 2.39. The van der Waals surface area contributed by atoms with Gasteiger partial charge in [0.2, 0.25) is 0 Å². The second-order valence-corrected chi connectivity index (χ2v) is 6.46. The minimum atomic E-state index is -0.469. The molecule has 0 aliphatic carbocycles. The van der Waals surface area contributed by atoms with Gasteiger partial charge in [-0.2, -0.15) is 0 Å². The Bertz CT molecular complexity index is 447. The highest BCUT2D eigenvalue weighted by Gasteiger charge is 2.23. The lowest BCUT2D eigenvalue weighted by Crippen LogP contribution is -2.44. The number of nitrogens with one attached hydrogen (secondary N) is 1. The SMILES string of the molecule is Cc1ccc(CNCCN(C(=O)OC(C)(C)C)C(C)C)o1. The average Bonchev–Trinajstić information content (AvgIpc) is 2.71. The third kappa shape index (κ3) is 6.67. The molecule has 1 heterocycles. The molecule has 0 spiro atoms. The maximum absolute atomic E-state index is 12.1. The predicted octanol–water partition coefficient (Wildman–Crippen LogP) is 3.32. The van der Waals surface area contributed by atoms with Crippen molar-refractivity contribution in [2.24, 2.45) is 0 Å². The van der Waals surface area contributed by atoms with E-state index < -0.39 is 5.60 Å². The van der Waals surface area contributed by atoms with Gasteiger partial charge in [-0.15, -0.1) is 0 Å². The first-order chi connectivity index (χ1) is 9.69. The lowest BCUT2D eigenvalue weighted by molar-refractivity contribution is 0.0193. The highest BCUT2D eigenvalue weighted by Crippen LogP contribution is 2.11. The highest BCUT2D eigenvalue weighted by atomic mass is 16.6. The first-order valence-electron chi connectivity index (χ1n) is 7.44. The van der Waals surface area contributed by atoms with E-state index in [0.29, 0.717) is 19.6 Å². The van der Waals surface area contributed by atoms with Crippen LogP contribution in [0.4, 0.5) is 4.79 Å². The van der Waals surface area contributed by atoms with E-state index in [4.69, 9.17) is 9.15 Å². The molecule has 120 valence electrons. The van der Waals surface area contributed by atoms with E-state index in [1.807, 2.05) is 53.7 Å². The summed E-state index contributed by atoms with van der Waals surface area (Å²) in [6.45, 7) is 13.5. The Labute approximate surface area is 127 Å². The van der Waals surface area contributed by atoms with Crippen LogP contribution in [0.5, 0.6) is 0 Å². The average molecular weight is 296 g/mol. The topological polar surface area (TPSA) is 54.7 Å². The standard InChI is InChI=1S/C16H28N2O3/c1-12(2)18(15(19)21-16(4,5)6)10-9-17-11-14-8-7-13(3)20-14/h7-8,12,17H,9-11H2,1-6H3. The van der Waals surface area contributed by atoms with E-state index >= 15 is 0 Å². The second-order valence-electron chi connectivity index (χ2n) is 6.46. The van der Waals surface area contributed by atoms with E-state index in [1.54, 1.807) is 4.90 Å². The van der Waals surface area contributed by atoms with Crippen molar-refractivity contribution in [2.75, 3.05) is 13.1 Å². The summed E-state index contributed by atoms with van der Waals surface area (Å²) in [6, 6.07) is 4.00. The first kappa shape index (κ1) is 17.6. The van der Waals surface area contributed by atoms with Gasteiger partial charge < -0.3 is 19.4 Å². The number of carbonyl (C=O) groups excluding carboxylic acids is 1. The van der Waals surface area contributed by atoms with Gasteiger partial charge >= 0.3 is 6.09 Å². The quantitative estimate of drug-likeness (QED) is 0.818. The van der Waals surface area contributed by atoms with E-state index in [1.165, 1.54) is 0 Å². The van der Waals surface area contributed by atoms with Gasteiger partial charge in [0.15, 0.2) is 0 Å². The Kier molecular flexibility index (Phi) is 6.27. The molecule has 1 rings (SSSR count). The normalized spacial score (nSPS) is 11.8. The van der Waals surface area contributed by atoms with Crippen molar-refractivity contribution in [1.82, 2.24) is 10.2 Å². The van der Waals surface area contributed by atoms with Crippen LogP contribution in [0, 0.1) is 6.92 Å². The van der Waals surface area contributed by atoms with Crippen molar-refractivity contribution in [3.05, 3.63) is 23.7 Å². The molecule has 1 N–H and O–H groups in total. The van der Waals surface area contributed by atoms with Crippen LogP contribution < -0.4 is 5.32 Å². The highest BCUT2D eigenvalue weighted by molar-refractivity contribution is 5.68. The molecule has 5 heteroatoms. The fraction of sp³-hybridized carbons (Fsp3) is 0.688. The molecule has 0 aromatic carbocycles. The van der Waals surface area contributed by atoms with Gasteiger partial charge in [0.1, 0.15) is 17.1 Å². The molecule has 0 radical (unpaired) electrons. The molecule has 0 saturated carbocycles. The van der Waals surface area contributed by atoms with Crippen LogP contribution in [0.15, 0.2) is 16.5 Å². The number of rotatable bonds is 6. The molecule has 0 bridgehead atoms. The van der Waals surface area contributed by atoms with Crippen LogP contribution in [-0.4, -0.2) is 35.7 Å². The summed E-state index contributed by atoms with van der Waals surface area (Å²) in [5, 5.41) is 3.27. The summed E-state index contributed by atoms with van der Waals surface area (Å²) in [6.07, 6.45) is -0.270. The molecule has 0 atom stereocenters. The maximum Gasteiger partial charge on any atom is 0.410 e. The van der Waals surface area contributed by atoms with Crippen molar-refractivity contribution in [2.45, 2.75) is 59.7 Å². The summed E-state index contributed by atoms with van der Waals surface area (Å²) in [5.41, 5.74) is -0.469. The van der Waals surface area contributed by atoms with Crippen molar-refractivity contribution < 1.29 is 13.9 Å². The number of hydrogen-bond acceptors (Lipinski definition) is 4. The van der Waals surface area contributed by atoms with Crippen LogP contribution in [0.2, 0.25) is 0 Å². The number of amides is 1. The molecule has 0 aliphatic heterocycles. The predicted molar refractivity (Wildman–Crippen MR) is 83.2 cm³/mol. The van der Waals surface area contributed by atoms with E-state index in [-0.39, 0.29) is 12.1 Å². The van der Waals surface area contributed by atoms with Crippen molar-refractivity contribution in [1.29, 1.82) is 0 Å². The Hall–Kier alpha value is -1.49. The zero-order valence-corrected chi connectivity index (χ0v) is 14.0. The van der Waals surface area contributed by atoms with Gasteiger partial charge in [-0.25, -0.2) is 4.79 Å². The smallest absolute Gasteiger partial charge is 0.410 e. The summed E-state index contributed by atoms with van der Waals surface area (Å²) in [5.74, 6) is 1.81. The van der Waals surface area contributed by atoms with Crippen molar-refractivity contribution in [3.8, 4) is 0 Å². The monoisotopic (exact) mass is 296 g/mol. The molecular weight excluding hydrogens is 268 g/mol. The minimum Gasteiger partial charge on any atom is -0.465 e. The molecule has 0 unspecified atom stereocenters. The largest absolute Gasteiger partial charge is 0.465 e. The van der Waals surface area contributed by atoms with E-state index in [0.717, 1.165) is 11.5 Å². The summed E-state index contributed by atoms with van der Waals surface area (Å²) in [7, 11) is 0. The Morgan fingerprint density at radius 2 is 2.05 bits per heavy atom. The lowest BCUT2D eigenvalue weighted by Gasteiger charge is -2.30. The first-order valence-corrected chi connectivity index (χ1v) is 7.44. The third-order valence-corrected chi connectivity index (χ3v) is 2.88. The van der Waals surface area contributed by atoms with Crippen LogP contribution in [0.1, 0.15) is 46.1 Å². The number of carbonyl (C=O) groups is 1. The zero-order chi connectivity index (χ0) is 16.0. The summed E-state index contributed by atoms with van der Waals surface area (Å²) >= 11 is 0. The second kappa shape index (κ2) is 7.50. The molecule has 0 aliphatic rings. The van der Waals surface area contributed by atoms with Gasteiger partial charge in [-0.3, -0.25) is 0 Å². The number of furan rings is 1. The molecule has 5 nitrogen and oxygen atoms in total. The van der Waals surface area contributed by atoms with Gasteiger partial charge in [0, 0.05) is 19.1 Å². The van der Waals surface area contributed by atoms with Gasteiger partial charge in [0.25, 0.3) is 0 Å². The number of ether oxygens (including phenoxy) is 1. The lowest BCUT2D eigenvalue weighted by atomic mass is 10.2. The van der Waals surface area contributed by atoms with Crippen LogP contribution in [0.3, 0.4) is 0 Å². The maximum atomic E-state index is 12.1. The summed E-state index contributed by atoms with van der Waals surface area (Å²) in [4.78, 5) is 13.9. The fourth-order valence-corrected chi connectivity index (χ4v) is 1.87. The van der Waals surface area contributed by atoms with Crippen molar-refractivity contribution in [3.63, 3.8) is 0 Å². The van der Waals surface area contributed by atoms with E-state index in [9.17, 15) is 4.79 Å². The van der Waals surface area contributed by atoms with Gasteiger partial charge in [0.05, 0.1) is 6.54 Å². The number of aryl methyl sites for hydroxylation is 1. The van der Waals surface area contributed by atoms with Crippen LogP contribution in [-0.2, 0) is 11.3 Å². The van der Waals surface area contributed by atoms with Crippen LogP contribution in [0.25, 0.3) is 0 Å². The molecule has 0 fully saturated rings. The van der Waals surface area contributed by atoms with Gasteiger partial charge in [-0.1, -0.05) is 0 Å². The molecular formula is C16H28N2O3. The van der Waals surface area contributed by atoms with Crippen molar-refractivity contribution >= 4 is 6.09 Å². The third-order valence-electron chi connectivity index (χ3n) is 2.88. The molecule has 1 aromatic heterocycles. The number of hydrogen-bond donors (Lipinski definition) is 1. The number of nitrogens with zero attached hydrogens (tertiary/aromatic N) is 1. The molecule has 1 amide bonds. The Morgan fingerprint density at radius 3 is 2.52 bits per heavy atom. The van der Waals surface area contributed by atoms with Crippen LogP contribution >= 0.6 is 0 Å². The fourth-order valence-electron chi connectivity index (χ4n) is 1.87. The molecule has 0 saturated heterocycles.